The fourth-order valence-corrected chi connectivity index (χ4v) is 2.34. The van der Waals surface area contributed by atoms with Gasteiger partial charge in [-0.3, -0.25) is 9.78 Å². The minimum absolute atomic E-state index is 0.0162. The monoisotopic (exact) mass is 219 g/mol. The van der Waals surface area contributed by atoms with Crippen molar-refractivity contribution in [2.75, 3.05) is 6.54 Å². The van der Waals surface area contributed by atoms with Gasteiger partial charge in [0.15, 0.2) is 0 Å². The Balaban J connectivity index is 2.12. The maximum Gasteiger partial charge on any atom is 0.274 e. The molecule has 0 saturated heterocycles. The maximum absolute atomic E-state index is 12.2. The van der Waals surface area contributed by atoms with Crippen LogP contribution in [0.5, 0.6) is 0 Å². The van der Waals surface area contributed by atoms with Gasteiger partial charge in [0.05, 0.1) is 6.20 Å². The summed E-state index contributed by atoms with van der Waals surface area (Å²) in [6, 6.07) is 0.402. The molecule has 0 bridgehead atoms. The normalized spacial score (nSPS) is 16.3. The highest BCUT2D eigenvalue weighted by Crippen LogP contribution is 2.24. The molecule has 1 heterocycles. The Kier molecular flexibility index (Phi) is 3.49. The summed E-state index contributed by atoms with van der Waals surface area (Å²) >= 11 is 0. The average Bonchev–Trinajstić information content (AvgIpc) is 2.85. The lowest BCUT2D eigenvalue weighted by Gasteiger charge is -2.27. The van der Waals surface area contributed by atoms with E-state index in [1.807, 2.05) is 11.8 Å². The highest BCUT2D eigenvalue weighted by atomic mass is 16.2. The summed E-state index contributed by atoms with van der Waals surface area (Å²) in [4.78, 5) is 22.1. The Morgan fingerprint density at radius 2 is 2.19 bits per heavy atom. The minimum atomic E-state index is 0.0162. The van der Waals surface area contributed by atoms with Gasteiger partial charge in [-0.2, -0.15) is 0 Å². The van der Waals surface area contributed by atoms with Crippen LogP contribution in [0.1, 0.15) is 43.1 Å². The predicted molar refractivity (Wildman–Crippen MR) is 61.0 cm³/mol. The fraction of sp³-hybridized carbons (Fsp3) is 0.583. The molecule has 0 aliphatic heterocycles. The number of carbonyl (C=O) groups is 1. The Morgan fingerprint density at radius 3 is 2.75 bits per heavy atom. The zero-order valence-corrected chi connectivity index (χ0v) is 9.59. The van der Waals surface area contributed by atoms with Gasteiger partial charge in [0.25, 0.3) is 5.91 Å². The van der Waals surface area contributed by atoms with Gasteiger partial charge in [0, 0.05) is 25.0 Å². The van der Waals surface area contributed by atoms with Gasteiger partial charge in [-0.15, -0.1) is 0 Å². The molecule has 0 N–H and O–H groups in total. The Morgan fingerprint density at radius 1 is 1.44 bits per heavy atom. The first kappa shape index (κ1) is 11.0. The van der Waals surface area contributed by atoms with E-state index in [4.69, 9.17) is 0 Å². The van der Waals surface area contributed by atoms with E-state index in [2.05, 4.69) is 9.97 Å². The van der Waals surface area contributed by atoms with Gasteiger partial charge in [-0.1, -0.05) is 12.8 Å². The smallest absolute Gasteiger partial charge is 0.274 e. The SMILES string of the molecule is CCN(C(=O)c1cnccn1)C1CCCC1. The van der Waals surface area contributed by atoms with Crippen LogP contribution in [0, 0.1) is 0 Å². The largest absolute Gasteiger partial charge is 0.335 e. The minimum Gasteiger partial charge on any atom is -0.335 e. The second kappa shape index (κ2) is 5.05. The summed E-state index contributed by atoms with van der Waals surface area (Å²) < 4.78 is 0. The molecule has 1 aliphatic carbocycles. The van der Waals surface area contributed by atoms with Crippen LogP contribution in [-0.4, -0.2) is 33.4 Å². The molecular formula is C12H17N3O. The second-order valence-corrected chi connectivity index (χ2v) is 4.12. The van der Waals surface area contributed by atoms with Crippen molar-refractivity contribution in [2.45, 2.75) is 38.6 Å². The van der Waals surface area contributed by atoms with Crippen LogP contribution >= 0.6 is 0 Å². The van der Waals surface area contributed by atoms with Crippen molar-refractivity contribution in [3.63, 3.8) is 0 Å². The van der Waals surface area contributed by atoms with Crippen molar-refractivity contribution < 1.29 is 4.79 Å². The third kappa shape index (κ3) is 2.21. The van der Waals surface area contributed by atoms with Crippen LogP contribution in [0.15, 0.2) is 18.6 Å². The lowest BCUT2D eigenvalue weighted by atomic mass is 10.2. The highest BCUT2D eigenvalue weighted by molar-refractivity contribution is 5.92. The van der Waals surface area contributed by atoms with E-state index in [0.29, 0.717) is 11.7 Å². The molecule has 1 amide bonds. The summed E-state index contributed by atoms with van der Waals surface area (Å²) in [6.45, 7) is 2.77. The first-order valence-electron chi connectivity index (χ1n) is 5.90. The number of carbonyl (C=O) groups excluding carboxylic acids is 1. The summed E-state index contributed by atoms with van der Waals surface area (Å²) in [5.41, 5.74) is 0.455. The quantitative estimate of drug-likeness (QED) is 0.779. The molecule has 4 nitrogen and oxygen atoms in total. The molecule has 0 atom stereocenters. The van der Waals surface area contributed by atoms with E-state index in [0.717, 1.165) is 19.4 Å². The topological polar surface area (TPSA) is 46.1 Å². The third-order valence-corrected chi connectivity index (χ3v) is 3.15. The molecule has 4 heteroatoms. The van der Waals surface area contributed by atoms with Crippen LogP contribution in [0.4, 0.5) is 0 Å². The molecule has 86 valence electrons. The van der Waals surface area contributed by atoms with E-state index < -0.39 is 0 Å². The standard InChI is InChI=1S/C12H17N3O/c1-2-15(10-5-3-4-6-10)12(16)11-9-13-7-8-14-11/h7-10H,2-6H2,1H3. The van der Waals surface area contributed by atoms with Crippen molar-refractivity contribution in [3.05, 3.63) is 24.3 Å². The summed E-state index contributed by atoms with van der Waals surface area (Å²) in [7, 11) is 0. The van der Waals surface area contributed by atoms with Gasteiger partial charge in [0.2, 0.25) is 0 Å². The van der Waals surface area contributed by atoms with Crippen LogP contribution in [0.2, 0.25) is 0 Å². The van der Waals surface area contributed by atoms with Gasteiger partial charge >= 0.3 is 0 Å². The van der Waals surface area contributed by atoms with Gasteiger partial charge in [-0.25, -0.2) is 4.98 Å². The average molecular weight is 219 g/mol. The number of amides is 1. The summed E-state index contributed by atoms with van der Waals surface area (Å²) in [6.07, 6.45) is 9.40. The van der Waals surface area contributed by atoms with Crippen LogP contribution < -0.4 is 0 Å². The highest BCUT2D eigenvalue weighted by Gasteiger charge is 2.26. The second-order valence-electron chi connectivity index (χ2n) is 4.12. The molecule has 0 radical (unpaired) electrons. The van der Waals surface area contributed by atoms with Gasteiger partial charge in [0.1, 0.15) is 5.69 Å². The summed E-state index contributed by atoms with van der Waals surface area (Å²) in [5, 5.41) is 0. The Hall–Kier alpha value is -1.45. The zero-order valence-electron chi connectivity index (χ0n) is 9.59. The first-order chi connectivity index (χ1) is 7.83. The lowest BCUT2D eigenvalue weighted by Crippen LogP contribution is -2.39. The van der Waals surface area contributed by atoms with Crippen molar-refractivity contribution >= 4 is 5.91 Å². The lowest BCUT2D eigenvalue weighted by molar-refractivity contribution is 0.0687. The van der Waals surface area contributed by atoms with Crippen molar-refractivity contribution in [1.29, 1.82) is 0 Å². The number of nitrogens with zero attached hydrogens (tertiary/aromatic N) is 3. The van der Waals surface area contributed by atoms with E-state index >= 15 is 0 Å². The molecule has 0 aromatic carbocycles. The van der Waals surface area contributed by atoms with E-state index in [9.17, 15) is 4.79 Å². The Labute approximate surface area is 95.7 Å². The molecule has 0 unspecified atom stereocenters. The maximum atomic E-state index is 12.2. The molecule has 2 rings (SSSR count). The molecule has 0 spiro atoms. The van der Waals surface area contributed by atoms with E-state index in [1.54, 1.807) is 18.6 Å². The van der Waals surface area contributed by atoms with Gasteiger partial charge < -0.3 is 4.90 Å². The third-order valence-electron chi connectivity index (χ3n) is 3.15. The number of aromatic nitrogens is 2. The fourth-order valence-electron chi connectivity index (χ4n) is 2.34. The number of rotatable bonds is 3. The molecule has 1 aromatic rings. The van der Waals surface area contributed by atoms with E-state index in [1.165, 1.54) is 12.8 Å². The number of hydrogen-bond donors (Lipinski definition) is 0. The zero-order chi connectivity index (χ0) is 11.4. The van der Waals surface area contributed by atoms with Crippen LogP contribution in [0.3, 0.4) is 0 Å². The van der Waals surface area contributed by atoms with Gasteiger partial charge in [-0.05, 0) is 19.8 Å². The van der Waals surface area contributed by atoms with Crippen LogP contribution in [0.25, 0.3) is 0 Å². The first-order valence-corrected chi connectivity index (χ1v) is 5.90. The van der Waals surface area contributed by atoms with E-state index in [-0.39, 0.29) is 5.91 Å². The predicted octanol–water partition coefficient (Wildman–Crippen LogP) is 1.88. The molecule has 16 heavy (non-hydrogen) atoms. The summed E-state index contributed by atoms with van der Waals surface area (Å²) in [5.74, 6) is 0.0162. The molecule has 1 fully saturated rings. The van der Waals surface area contributed by atoms with Crippen LogP contribution in [-0.2, 0) is 0 Å². The van der Waals surface area contributed by atoms with Crippen molar-refractivity contribution in [2.24, 2.45) is 0 Å². The Bertz CT molecular complexity index is 347. The van der Waals surface area contributed by atoms with Crippen molar-refractivity contribution in [1.82, 2.24) is 14.9 Å². The molecule has 1 saturated carbocycles. The molecular weight excluding hydrogens is 202 g/mol. The molecule has 1 aromatic heterocycles. The number of hydrogen-bond acceptors (Lipinski definition) is 3. The van der Waals surface area contributed by atoms with Crippen molar-refractivity contribution in [3.8, 4) is 0 Å². The molecule has 1 aliphatic rings.